The number of carbonyl (C=O) groups is 1. The van der Waals surface area contributed by atoms with Crippen LogP contribution in [0, 0.1) is 5.92 Å². The summed E-state index contributed by atoms with van der Waals surface area (Å²) in [5.74, 6) is 3.62. The Bertz CT molecular complexity index is 983. The number of amides is 1. The van der Waals surface area contributed by atoms with Gasteiger partial charge < -0.3 is 28.6 Å². The lowest BCUT2D eigenvalue weighted by atomic mass is 9.89. The molecule has 7 nitrogen and oxygen atoms in total. The van der Waals surface area contributed by atoms with Crippen molar-refractivity contribution in [1.29, 1.82) is 0 Å². The van der Waals surface area contributed by atoms with Gasteiger partial charge in [-0.05, 0) is 80.7 Å². The monoisotopic (exact) mass is 483 g/mol. The zero-order chi connectivity index (χ0) is 24.8. The van der Waals surface area contributed by atoms with Crippen molar-refractivity contribution in [3.8, 4) is 28.7 Å². The van der Waals surface area contributed by atoms with Crippen LogP contribution in [0.15, 0.2) is 30.3 Å². The molecular weight excluding hydrogens is 446 g/mol. The van der Waals surface area contributed by atoms with Crippen molar-refractivity contribution in [1.82, 2.24) is 4.90 Å². The van der Waals surface area contributed by atoms with Crippen molar-refractivity contribution in [3.63, 3.8) is 0 Å². The molecule has 190 valence electrons. The number of methoxy groups -OCH3 is 4. The summed E-state index contributed by atoms with van der Waals surface area (Å²) in [6.07, 6.45) is 7.89. The van der Waals surface area contributed by atoms with Gasteiger partial charge in [-0.2, -0.15) is 0 Å². The summed E-state index contributed by atoms with van der Waals surface area (Å²) in [6, 6.07) is 9.74. The first-order valence-electron chi connectivity index (χ1n) is 12.5. The average molecular weight is 484 g/mol. The fraction of sp³-hybridized carbons (Fsp3) is 0.536. The number of benzene rings is 2. The second-order valence-corrected chi connectivity index (χ2v) is 9.36. The molecule has 1 aliphatic carbocycles. The summed E-state index contributed by atoms with van der Waals surface area (Å²) in [6.45, 7) is 1.45. The lowest BCUT2D eigenvalue weighted by Gasteiger charge is -2.32. The van der Waals surface area contributed by atoms with Crippen LogP contribution in [-0.2, 0) is 6.42 Å². The van der Waals surface area contributed by atoms with Crippen molar-refractivity contribution < 1.29 is 28.5 Å². The van der Waals surface area contributed by atoms with Gasteiger partial charge in [-0.15, -0.1) is 0 Å². The molecule has 2 fully saturated rings. The Kier molecular flexibility index (Phi) is 8.26. The van der Waals surface area contributed by atoms with Crippen LogP contribution in [0.4, 0.5) is 0 Å². The molecule has 0 N–H and O–H groups in total. The second kappa shape index (κ2) is 11.6. The first kappa shape index (κ1) is 25.0. The number of nitrogens with zero attached hydrogens (tertiary/aromatic N) is 1. The minimum absolute atomic E-state index is 0.0144. The van der Waals surface area contributed by atoms with Crippen LogP contribution >= 0.6 is 0 Å². The van der Waals surface area contributed by atoms with Crippen LogP contribution in [0.2, 0.25) is 0 Å². The van der Waals surface area contributed by atoms with E-state index in [-0.39, 0.29) is 5.91 Å². The van der Waals surface area contributed by atoms with Crippen LogP contribution in [-0.4, -0.2) is 58.4 Å². The summed E-state index contributed by atoms with van der Waals surface area (Å²) in [5.41, 5.74) is 1.80. The van der Waals surface area contributed by atoms with Gasteiger partial charge in [0.15, 0.2) is 23.0 Å². The third-order valence-electron chi connectivity index (χ3n) is 7.16. The molecule has 1 saturated carbocycles. The van der Waals surface area contributed by atoms with Gasteiger partial charge >= 0.3 is 0 Å². The normalized spacial score (nSPS) is 16.7. The predicted molar refractivity (Wildman–Crippen MR) is 134 cm³/mol. The van der Waals surface area contributed by atoms with Crippen LogP contribution in [0.3, 0.4) is 0 Å². The van der Waals surface area contributed by atoms with Crippen molar-refractivity contribution in [3.05, 3.63) is 41.5 Å². The molecule has 0 unspecified atom stereocenters. The molecule has 0 atom stereocenters. The molecule has 0 spiro atoms. The van der Waals surface area contributed by atoms with Gasteiger partial charge in [0.05, 0.1) is 34.5 Å². The Morgan fingerprint density at radius 1 is 0.800 bits per heavy atom. The fourth-order valence-corrected chi connectivity index (χ4v) is 5.19. The first-order valence-corrected chi connectivity index (χ1v) is 12.5. The van der Waals surface area contributed by atoms with Crippen molar-refractivity contribution in [2.75, 3.05) is 41.5 Å². The number of carbonyl (C=O) groups excluding carboxylic acids is 1. The molecule has 0 aromatic heterocycles. The number of rotatable bonds is 9. The van der Waals surface area contributed by atoms with Crippen LogP contribution in [0.25, 0.3) is 0 Å². The lowest BCUT2D eigenvalue weighted by molar-refractivity contribution is 0.0689. The smallest absolute Gasteiger partial charge is 0.254 e. The van der Waals surface area contributed by atoms with Gasteiger partial charge in [0.1, 0.15) is 0 Å². The Hall–Kier alpha value is -3.09. The van der Waals surface area contributed by atoms with Gasteiger partial charge in [-0.1, -0.05) is 6.07 Å². The molecule has 1 saturated heterocycles. The number of ether oxygens (including phenoxy) is 5. The molecule has 2 aliphatic rings. The van der Waals surface area contributed by atoms with E-state index in [1.807, 2.05) is 11.0 Å². The minimum atomic E-state index is -0.0144. The van der Waals surface area contributed by atoms with Crippen molar-refractivity contribution >= 4 is 5.91 Å². The van der Waals surface area contributed by atoms with Gasteiger partial charge in [0, 0.05) is 18.7 Å². The molecular formula is C28H37NO6. The highest BCUT2D eigenvalue weighted by Gasteiger charge is 2.26. The SMILES string of the molecule is COc1ccc(CC2CCN(C(=O)c3cc(OC)c(OC)c(OC)c3)CC2)cc1OC1CCCC1. The summed E-state index contributed by atoms with van der Waals surface area (Å²) in [7, 11) is 6.36. The average Bonchev–Trinajstić information content (AvgIpc) is 3.41. The topological polar surface area (TPSA) is 66.5 Å². The van der Waals surface area contributed by atoms with E-state index in [0.717, 1.165) is 56.7 Å². The minimum Gasteiger partial charge on any atom is -0.493 e. The molecule has 2 aromatic carbocycles. The van der Waals surface area contributed by atoms with Gasteiger partial charge in [-0.25, -0.2) is 0 Å². The number of likely N-dealkylation sites (tertiary alicyclic amines) is 1. The molecule has 1 aliphatic heterocycles. The van der Waals surface area contributed by atoms with E-state index in [1.165, 1.54) is 18.4 Å². The maximum atomic E-state index is 13.2. The molecule has 7 heteroatoms. The first-order chi connectivity index (χ1) is 17.1. The zero-order valence-electron chi connectivity index (χ0n) is 21.3. The second-order valence-electron chi connectivity index (χ2n) is 9.36. The zero-order valence-corrected chi connectivity index (χ0v) is 21.3. The number of piperidine rings is 1. The van der Waals surface area contributed by atoms with Crippen molar-refractivity contribution in [2.24, 2.45) is 5.92 Å². The van der Waals surface area contributed by atoms with Crippen molar-refractivity contribution in [2.45, 2.75) is 51.0 Å². The standard InChI is InChI=1S/C28H37NO6/c1-31-23-10-9-20(16-24(23)35-22-7-5-6-8-22)15-19-11-13-29(14-12-19)28(30)21-17-25(32-2)27(34-4)26(18-21)33-3/h9-10,16-19,22H,5-8,11-15H2,1-4H3. The molecule has 1 amide bonds. The highest BCUT2D eigenvalue weighted by atomic mass is 16.5. The maximum absolute atomic E-state index is 13.2. The van der Waals surface area contributed by atoms with E-state index in [1.54, 1.807) is 40.6 Å². The molecule has 2 aromatic rings. The number of hydrogen-bond donors (Lipinski definition) is 0. The van der Waals surface area contributed by atoms with Gasteiger partial charge in [0.2, 0.25) is 5.75 Å². The molecule has 0 radical (unpaired) electrons. The summed E-state index contributed by atoms with van der Waals surface area (Å²) < 4.78 is 28.0. The number of hydrogen-bond acceptors (Lipinski definition) is 6. The van der Waals surface area contributed by atoms with E-state index >= 15 is 0 Å². The fourth-order valence-electron chi connectivity index (χ4n) is 5.19. The van der Waals surface area contributed by atoms with Crippen LogP contribution < -0.4 is 23.7 Å². The Balaban J connectivity index is 1.38. The molecule has 1 heterocycles. The van der Waals surface area contributed by atoms with Gasteiger partial charge in [0.25, 0.3) is 5.91 Å². The van der Waals surface area contributed by atoms with E-state index in [2.05, 4.69) is 12.1 Å². The maximum Gasteiger partial charge on any atom is 0.254 e. The van der Waals surface area contributed by atoms with Gasteiger partial charge in [-0.3, -0.25) is 4.79 Å². The van der Waals surface area contributed by atoms with Crippen LogP contribution in [0.5, 0.6) is 28.7 Å². The molecule has 4 rings (SSSR count). The van der Waals surface area contributed by atoms with E-state index < -0.39 is 0 Å². The summed E-state index contributed by atoms with van der Waals surface area (Å²) >= 11 is 0. The Labute approximate surface area is 208 Å². The predicted octanol–water partition coefficient (Wildman–Crippen LogP) is 5.14. The third kappa shape index (κ3) is 5.77. The Morgan fingerprint density at radius 3 is 2.00 bits per heavy atom. The highest BCUT2D eigenvalue weighted by Crippen LogP contribution is 2.39. The van der Waals surface area contributed by atoms with E-state index in [4.69, 9.17) is 23.7 Å². The molecule has 0 bridgehead atoms. The Morgan fingerprint density at radius 2 is 1.43 bits per heavy atom. The molecule has 35 heavy (non-hydrogen) atoms. The lowest BCUT2D eigenvalue weighted by Crippen LogP contribution is -2.39. The van der Waals surface area contributed by atoms with E-state index in [0.29, 0.717) is 34.8 Å². The third-order valence-corrected chi connectivity index (χ3v) is 7.16. The summed E-state index contributed by atoms with van der Waals surface area (Å²) in [5, 5.41) is 0. The largest absolute Gasteiger partial charge is 0.493 e. The quantitative estimate of drug-likeness (QED) is 0.492. The summed E-state index contributed by atoms with van der Waals surface area (Å²) in [4.78, 5) is 15.1. The van der Waals surface area contributed by atoms with Crippen LogP contribution in [0.1, 0.15) is 54.4 Å². The highest BCUT2D eigenvalue weighted by molar-refractivity contribution is 5.95. The van der Waals surface area contributed by atoms with E-state index in [9.17, 15) is 4.79 Å².